The minimum absolute atomic E-state index is 0.0618. The summed E-state index contributed by atoms with van der Waals surface area (Å²) >= 11 is 0. The normalized spacial score (nSPS) is 21.6. The number of nitrogens with zero attached hydrogens (tertiary/aromatic N) is 2. The Morgan fingerprint density at radius 3 is 2.82 bits per heavy atom. The second kappa shape index (κ2) is 6.48. The first-order valence-electron chi connectivity index (χ1n) is 7.53. The van der Waals surface area contributed by atoms with Crippen LogP contribution in [0, 0.1) is 5.92 Å². The van der Waals surface area contributed by atoms with Crippen molar-refractivity contribution in [3.05, 3.63) is 18.0 Å². The number of ether oxygens (including phenoxy) is 1. The molecular weight excluding hydrogens is 284 g/mol. The first-order valence-corrected chi connectivity index (χ1v) is 7.53. The molecule has 0 aromatic carbocycles. The molecule has 0 aliphatic carbocycles. The van der Waals surface area contributed by atoms with Crippen LogP contribution in [0.5, 0.6) is 0 Å². The maximum atomic E-state index is 12.6. The van der Waals surface area contributed by atoms with Gasteiger partial charge in [-0.05, 0) is 26.3 Å². The Hall–Kier alpha value is -1.89. The third-order valence-corrected chi connectivity index (χ3v) is 3.93. The summed E-state index contributed by atoms with van der Waals surface area (Å²) in [5.41, 5.74) is -0.00332. The van der Waals surface area contributed by atoms with E-state index in [1.165, 1.54) is 0 Å². The highest BCUT2D eigenvalue weighted by Gasteiger charge is 2.39. The van der Waals surface area contributed by atoms with Crippen LogP contribution in [0.1, 0.15) is 32.3 Å². The Kier molecular flexibility index (Phi) is 4.85. The summed E-state index contributed by atoms with van der Waals surface area (Å²) < 4.78 is 6.73. The molecule has 1 aliphatic heterocycles. The van der Waals surface area contributed by atoms with Gasteiger partial charge in [-0.15, -0.1) is 0 Å². The van der Waals surface area contributed by atoms with Crippen LogP contribution in [0.3, 0.4) is 0 Å². The molecule has 7 nitrogen and oxygen atoms in total. The van der Waals surface area contributed by atoms with Crippen LogP contribution in [0.4, 0.5) is 0 Å². The van der Waals surface area contributed by atoms with Gasteiger partial charge in [0, 0.05) is 32.3 Å². The molecule has 1 fully saturated rings. The topological polar surface area (TPSA) is 85.2 Å². The molecule has 122 valence electrons. The van der Waals surface area contributed by atoms with E-state index in [1.807, 2.05) is 13.2 Å². The number of esters is 1. The van der Waals surface area contributed by atoms with E-state index < -0.39 is 11.5 Å². The third kappa shape index (κ3) is 3.47. The van der Waals surface area contributed by atoms with E-state index in [0.717, 1.165) is 12.1 Å². The number of nitrogens with one attached hydrogen (secondary N) is 2. The summed E-state index contributed by atoms with van der Waals surface area (Å²) in [5.74, 6) is -0.728. The second-order valence-electron chi connectivity index (χ2n) is 6.15. The molecule has 0 saturated carbocycles. The number of aromatic nitrogens is 2. The van der Waals surface area contributed by atoms with Gasteiger partial charge in [0.15, 0.2) is 0 Å². The fraction of sp³-hybridized carbons (Fsp3) is 0.667. The molecule has 0 unspecified atom stereocenters. The van der Waals surface area contributed by atoms with Crippen molar-refractivity contribution in [2.45, 2.75) is 32.2 Å². The standard InChI is InChI=1S/C15H24N4O3/c1-5-22-14(21)15(2,3)18-13(20)12-8-16-7-11(12)10-6-17-19(4)9-10/h6,9,11-12,16H,5,7-8H2,1-4H3,(H,18,20)/t11-,12+/m1/s1. The first-order chi connectivity index (χ1) is 10.3. The third-order valence-electron chi connectivity index (χ3n) is 3.93. The van der Waals surface area contributed by atoms with E-state index in [2.05, 4.69) is 15.7 Å². The van der Waals surface area contributed by atoms with Gasteiger partial charge >= 0.3 is 5.97 Å². The summed E-state index contributed by atoms with van der Waals surface area (Å²) in [6.45, 7) is 6.67. The lowest BCUT2D eigenvalue weighted by molar-refractivity contribution is -0.152. The minimum Gasteiger partial charge on any atom is -0.464 e. The van der Waals surface area contributed by atoms with Crippen molar-refractivity contribution in [2.75, 3.05) is 19.7 Å². The van der Waals surface area contributed by atoms with Gasteiger partial charge in [0.2, 0.25) is 5.91 Å². The van der Waals surface area contributed by atoms with Crippen LogP contribution in [0.25, 0.3) is 0 Å². The number of amides is 1. The van der Waals surface area contributed by atoms with Crippen LogP contribution in [-0.4, -0.2) is 46.9 Å². The maximum Gasteiger partial charge on any atom is 0.331 e. The number of carbonyl (C=O) groups excluding carboxylic acids is 2. The van der Waals surface area contributed by atoms with Crippen molar-refractivity contribution < 1.29 is 14.3 Å². The van der Waals surface area contributed by atoms with Crippen molar-refractivity contribution in [3.63, 3.8) is 0 Å². The van der Waals surface area contributed by atoms with Crippen LogP contribution in [0.15, 0.2) is 12.4 Å². The van der Waals surface area contributed by atoms with Gasteiger partial charge in [0.05, 0.1) is 18.7 Å². The largest absolute Gasteiger partial charge is 0.464 e. The zero-order chi connectivity index (χ0) is 16.3. The number of hydrogen-bond donors (Lipinski definition) is 2. The zero-order valence-corrected chi connectivity index (χ0v) is 13.5. The van der Waals surface area contributed by atoms with E-state index in [4.69, 9.17) is 4.74 Å². The highest BCUT2D eigenvalue weighted by molar-refractivity contribution is 5.89. The van der Waals surface area contributed by atoms with E-state index in [-0.39, 0.29) is 17.7 Å². The molecule has 1 amide bonds. The Bertz CT molecular complexity index is 553. The van der Waals surface area contributed by atoms with Gasteiger partial charge in [-0.3, -0.25) is 9.48 Å². The number of carbonyl (C=O) groups is 2. The van der Waals surface area contributed by atoms with Gasteiger partial charge in [0.1, 0.15) is 5.54 Å². The summed E-state index contributed by atoms with van der Waals surface area (Å²) in [6.07, 6.45) is 3.71. The quantitative estimate of drug-likeness (QED) is 0.758. The average molecular weight is 308 g/mol. The summed E-state index contributed by atoms with van der Waals surface area (Å²) in [6, 6.07) is 0. The Morgan fingerprint density at radius 2 is 2.23 bits per heavy atom. The predicted molar refractivity (Wildman–Crippen MR) is 81.2 cm³/mol. The van der Waals surface area contributed by atoms with Crippen molar-refractivity contribution in [1.82, 2.24) is 20.4 Å². The molecule has 7 heteroatoms. The van der Waals surface area contributed by atoms with Crippen LogP contribution >= 0.6 is 0 Å². The highest BCUT2D eigenvalue weighted by Crippen LogP contribution is 2.28. The van der Waals surface area contributed by atoms with Gasteiger partial charge < -0.3 is 15.4 Å². The average Bonchev–Trinajstić information content (AvgIpc) is 3.06. The number of rotatable bonds is 5. The first kappa shape index (κ1) is 16.5. The Balaban J connectivity index is 2.06. The molecular formula is C15H24N4O3. The predicted octanol–water partition coefficient (Wildman–Crippen LogP) is 0.181. The van der Waals surface area contributed by atoms with Crippen molar-refractivity contribution >= 4 is 11.9 Å². The lowest BCUT2D eigenvalue weighted by Gasteiger charge is -2.27. The molecule has 2 N–H and O–H groups in total. The van der Waals surface area contributed by atoms with Gasteiger partial charge in [-0.25, -0.2) is 4.79 Å². The number of hydrogen-bond acceptors (Lipinski definition) is 5. The molecule has 2 atom stereocenters. The SMILES string of the molecule is CCOC(=O)C(C)(C)NC(=O)[C@H]1CNC[C@@H]1c1cnn(C)c1. The maximum absolute atomic E-state index is 12.6. The number of aryl methyl sites for hydroxylation is 1. The van der Waals surface area contributed by atoms with E-state index in [9.17, 15) is 9.59 Å². The monoisotopic (exact) mass is 308 g/mol. The minimum atomic E-state index is -1.03. The van der Waals surface area contributed by atoms with Crippen LogP contribution in [-0.2, 0) is 21.4 Å². The molecule has 2 rings (SSSR count). The van der Waals surface area contributed by atoms with Crippen molar-refractivity contribution in [2.24, 2.45) is 13.0 Å². The molecule has 0 bridgehead atoms. The molecule has 0 radical (unpaired) electrons. The smallest absolute Gasteiger partial charge is 0.331 e. The molecule has 0 spiro atoms. The van der Waals surface area contributed by atoms with Gasteiger partial charge in [0.25, 0.3) is 0 Å². The van der Waals surface area contributed by atoms with Crippen molar-refractivity contribution in [3.8, 4) is 0 Å². The zero-order valence-electron chi connectivity index (χ0n) is 13.5. The van der Waals surface area contributed by atoms with Crippen LogP contribution < -0.4 is 10.6 Å². The van der Waals surface area contributed by atoms with E-state index in [1.54, 1.807) is 31.6 Å². The molecule has 22 heavy (non-hydrogen) atoms. The molecule has 2 heterocycles. The molecule has 1 aliphatic rings. The van der Waals surface area contributed by atoms with E-state index in [0.29, 0.717) is 13.2 Å². The fourth-order valence-corrected chi connectivity index (χ4v) is 2.70. The Labute approximate surface area is 130 Å². The molecule has 1 saturated heterocycles. The highest BCUT2D eigenvalue weighted by atomic mass is 16.5. The summed E-state index contributed by atoms with van der Waals surface area (Å²) in [4.78, 5) is 24.5. The second-order valence-corrected chi connectivity index (χ2v) is 6.15. The molecule has 1 aromatic rings. The fourth-order valence-electron chi connectivity index (χ4n) is 2.70. The lowest BCUT2D eigenvalue weighted by Crippen LogP contribution is -2.53. The summed E-state index contributed by atoms with van der Waals surface area (Å²) in [5, 5.41) is 10.2. The van der Waals surface area contributed by atoms with Crippen LogP contribution in [0.2, 0.25) is 0 Å². The summed E-state index contributed by atoms with van der Waals surface area (Å²) in [7, 11) is 1.85. The van der Waals surface area contributed by atoms with E-state index >= 15 is 0 Å². The van der Waals surface area contributed by atoms with Gasteiger partial charge in [-0.2, -0.15) is 5.10 Å². The molecule has 1 aromatic heterocycles. The van der Waals surface area contributed by atoms with Gasteiger partial charge in [-0.1, -0.05) is 0 Å². The van der Waals surface area contributed by atoms with Crippen molar-refractivity contribution in [1.29, 1.82) is 0 Å². The lowest BCUT2D eigenvalue weighted by atomic mass is 9.89. The Morgan fingerprint density at radius 1 is 1.50 bits per heavy atom.